The van der Waals surface area contributed by atoms with Gasteiger partial charge in [-0.1, -0.05) is 26.8 Å². The Kier molecular flexibility index (Phi) is 10.6. The second-order valence-electron chi connectivity index (χ2n) is 4.07. The fourth-order valence-electron chi connectivity index (χ4n) is 1.31. The normalized spacial score (nSPS) is 14.9. The Morgan fingerprint density at radius 1 is 1.40 bits per heavy atom. The molecule has 1 nitrogen and oxygen atoms in total. The third-order valence-electron chi connectivity index (χ3n) is 2.56. The number of hydrogen-bond acceptors (Lipinski definition) is 2. The van der Waals surface area contributed by atoms with E-state index < -0.39 is 0 Å². The monoisotopic (exact) mass is 229 g/mol. The molecule has 0 rings (SSSR count). The molecular formula is C13H27NS. The van der Waals surface area contributed by atoms with Crippen molar-refractivity contribution in [1.29, 1.82) is 0 Å². The van der Waals surface area contributed by atoms with Crippen molar-refractivity contribution in [3.8, 4) is 0 Å². The molecule has 90 valence electrons. The molecule has 0 aliphatic heterocycles. The second-order valence-corrected chi connectivity index (χ2v) is 5.54. The van der Waals surface area contributed by atoms with Crippen molar-refractivity contribution in [3.05, 3.63) is 12.7 Å². The summed E-state index contributed by atoms with van der Waals surface area (Å²) in [5.41, 5.74) is 0. The predicted octanol–water partition coefficient (Wildman–Crippen LogP) is 3.85. The lowest BCUT2D eigenvalue weighted by Gasteiger charge is -2.19. The van der Waals surface area contributed by atoms with Crippen LogP contribution in [-0.2, 0) is 0 Å². The number of hydrogen-bond donors (Lipinski definition) is 1. The van der Waals surface area contributed by atoms with Gasteiger partial charge in [-0.15, -0.1) is 6.58 Å². The largest absolute Gasteiger partial charge is 0.313 e. The number of nitrogens with one attached hydrogen (secondary N) is 1. The van der Waals surface area contributed by atoms with Crippen molar-refractivity contribution in [2.45, 2.75) is 57.7 Å². The smallest absolute Gasteiger partial charge is 0.0161 e. The summed E-state index contributed by atoms with van der Waals surface area (Å²) in [6.07, 6.45) is 6.87. The summed E-state index contributed by atoms with van der Waals surface area (Å²) < 4.78 is 0. The van der Waals surface area contributed by atoms with Crippen LogP contribution in [0.5, 0.6) is 0 Å². The van der Waals surface area contributed by atoms with Crippen molar-refractivity contribution in [3.63, 3.8) is 0 Å². The highest BCUT2D eigenvalue weighted by Gasteiger charge is 2.08. The first kappa shape index (κ1) is 15.0. The van der Waals surface area contributed by atoms with E-state index in [0.29, 0.717) is 6.04 Å². The van der Waals surface area contributed by atoms with E-state index in [-0.39, 0.29) is 0 Å². The third-order valence-corrected chi connectivity index (χ3v) is 4.06. The van der Waals surface area contributed by atoms with E-state index >= 15 is 0 Å². The summed E-state index contributed by atoms with van der Waals surface area (Å²) in [5.74, 6) is 1.24. The lowest BCUT2D eigenvalue weighted by molar-refractivity contribution is 0.523. The van der Waals surface area contributed by atoms with Crippen LogP contribution in [0.1, 0.15) is 46.5 Å². The fraction of sp³-hybridized carbons (Fsp3) is 0.846. The predicted molar refractivity (Wildman–Crippen MR) is 73.7 cm³/mol. The van der Waals surface area contributed by atoms with Gasteiger partial charge in [0.1, 0.15) is 0 Å². The molecule has 15 heavy (non-hydrogen) atoms. The average molecular weight is 229 g/mol. The Morgan fingerprint density at radius 2 is 2.13 bits per heavy atom. The molecule has 0 fully saturated rings. The Balaban J connectivity index is 3.72. The summed E-state index contributed by atoms with van der Waals surface area (Å²) in [6.45, 7) is 11.7. The minimum Gasteiger partial charge on any atom is -0.313 e. The maximum absolute atomic E-state index is 3.79. The molecule has 2 heteroatoms. The quantitative estimate of drug-likeness (QED) is 0.571. The molecule has 0 aromatic carbocycles. The Labute approximate surface area is 100 Å². The topological polar surface area (TPSA) is 12.0 Å². The van der Waals surface area contributed by atoms with E-state index in [1.54, 1.807) is 0 Å². The highest BCUT2D eigenvalue weighted by Crippen LogP contribution is 2.16. The maximum Gasteiger partial charge on any atom is 0.0161 e. The molecule has 0 aliphatic rings. The summed E-state index contributed by atoms with van der Waals surface area (Å²) >= 11 is 2.09. The Hall–Kier alpha value is 0.0500. The van der Waals surface area contributed by atoms with E-state index in [2.05, 4.69) is 44.4 Å². The van der Waals surface area contributed by atoms with Gasteiger partial charge in [0.25, 0.3) is 0 Å². The number of rotatable bonds is 10. The third kappa shape index (κ3) is 9.01. The molecule has 0 saturated heterocycles. The van der Waals surface area contributed by atoms with Crippen LogP contribution in [0.25, 0.3) is 0 Å². The van der Waals surface area contributed by atoms with Gasteiger partial charge in [-0.25, -0.2) is 0 Å². The molecule has 0 bridgehead atoms. The van der Waals surface area contributed by atoms with E-state index in [0.717, 1.165) is 18.2 Å². The second kappa shape index (κ2) is 10.6. The molecule has 0 heterocycles. The average Bonchev–Trinajstić information content (AvgIpc) is 2.27. The van der Waals surface area contributed by atoms with Crippen LogP contribution in [0.3, 0.4) is 0 Å². The molecule has 0 radical (unpaired) electrons. The Morgan fingerprint density at radius 3 is 2.67 bits per heavy atom. The lowest BCUT2D eigenvalue weighted by atomic mass is 10.2. The summed E-state index contributed by atoms with van der Waals surface area (Å²) in [4.78, 5) is 0. The van der Waals surface area contributed by atoms with E-state index in [4.69, 9.17) is 0 Å². The first-order valence-electron chi connectivity index (χ1n) is 6.20. The molecule has 0 saturated carbocycles. The van der Waals surface area contributed by atoms with Crippen LogP contribution in [0.4, 0.5) is 0 Å². The molecule has 0 aliphatic carbocycles. The van der Waals surface area contributed by atoms with Crippen molar-refractivity contribution in [2.24, 2.45) is 0 Å². The highest BCUT2D eigenvalue weighted by atomic mass is 32.2. The van der Waals surface area contributed by atoms with Gasteiger partial charge >= 0.3 is 0 Å². The lowest BCUT2D eigenvalue weighted by Crippen LogP contribution is -2.32. The molecule has 2 atom stereocenters. The molecule has 0 aromatic heterocycles. The molecule has 1 N–H and O–H groups in total. The summed E-state index contributed by atoms with van der Waals surface area (Å²) in [5, 5.41) is 4.41. The minimum absolute atomic E-state index is 0.668. The van der Waals surface area contributed by atoms with Gasteiger partial charge in [0.2, 0.25) is 0 Å². The standard InChI is InChI=1S/C13H27NS/c1-5-8-9-13(14-10-6-2)11-15-12(4)7-3/h5,12-14H,1,6-11H2,2-4H3. The first-order chi connectivity index (χ1) is 7.24. The number of allylic oxidation sites excluding steroid dienone is 1. The molecule has 2 unspecified atom stereocenters. The van der Waals surface area contributed by atoms with Crippen LogP contribution in [0.2, 0.25) is 0 Å². The van der Waals surface area contributed by atoms with Crippen LogP contribution in [0.15, 0.2) is 12.7 Å². The zero-order chi connectivity index (χ0) is 11.5. The Bertz CT molecular complexity index is 147. The molecular weight excluding hydrogens is 202 g/mol. The van der Waals surface area contributed by atoms with Gasteiger partial charge in [-0.2, -0.15) is 11.8 Å². The zero-order valence-electron chi connectivity index (χ0n) is 10.6. The van der Waals surface area contributed by atoms with Crippen molar-refractivity contribution in [1.82, 2.24) is 5.32 Å². The van der Waals surface area contributed by atoms with Gasteiger partial charge in [0, 0.05) is 17.0 Å². The van der Waals surface area contributed by atoms with Crippen LogP contribution in [-0.4, -0.2) is 23.6 Å². The van der Waals surface area contributed by atoms with E-state index in [1.165, 1.54) is 25.0 Å². The van der Waals surface area contributed by atoms with Gasteiger partial charge in [-0.3, -0.25) is 0 Å². The van der Waals surface area contributed by atoms with Gasteiger partial charge in [-0.05, 0) is 32.2 Å². The van der Waals surface area contributed by atoms with Crippen molar-refractivity contribution in [2.75, 3.05) is 12.3 Å². The van der Waals surface area contributed by atoms with Crippen LogP contribution < -0.4 is 5.32 Å². The van der Waals surface area contributed by atoms with Gasteiger partial charge in [0.05, 0.1) is 0 Å². The fourth-order valence-corrected chi connectivity index (χ4v) is 2.39. The van der Waals surface area contributed by atoms with E-state index in [9.17, 15) is 0 Å². The van der Waals surface area contributed by atoms with Crippen LogP contribution in [0, 0.1) is 0 Å². The molecule has 0 amide bonds. The molecule has 0 aromatic rings. The van der Waals surface area contributed by atoms with Gasteiger partial charge < -0.3 is 5.32 Å². The highest BCUT2D eigenvalue weighted by molar-refractivity contribution is 7.99. The van der Waals surface area contributed by atoms with Crippen molar-refractivity contribution >= 4 is 11.8 Å². The summed E-state index contributed by atoms with van der Waals surface area (Å²) in [6, 6.07) is 0.668. The van der Waals surface area contributed by atoms with Crippen LogP contribution >= 0.6 is 11.8 Å². The molecule has 0 spiro atoms. The number of thioether (sulfide) groups is 1. The first-order valence-corrected chi connectivity index (χ1v) is 7.25. The maximum atomic E-state index is 3.79. The zero-order valence-corrected chi connectivity index (χ0v) is 11.4. The van der Waals surface area contributed by atoms with Crippen molar-refractivity contribution < 1.29 is 0 Å². The SMILES string of the molecule is C=CCCC(CSC(C)CC)NCCC. The van der Waals surface area contributed by atoms with Gasteiger partial charge in [0.15, 0.2) is 0 Å². The minimum atomic E-state index is 0.668. The van der Waals surface area contributed by atoms with E-state index in [1.807, 2.05) is 6.08 Å². The summed E-state index contributed by atoms with van der Waals surface area (Å²) in [7, 11) is 0.